The molecule has 0 unspecified atom stereocenters. The smallest absolute Gasteiger partial charge is 0.226 e. The van der Waals surface area contributed by atoms with Crippen LogP contribution < -0.4 is 10.2 Å². The standard InChI is InChI=1S/C11H17ClN4/c1-16(8-9-3-2-5-13-7-9)11-14-6-4-10(12)15-11/h4,6,9,13H,2-3,5,7-8H2,1H3/t9-/m0/s1. The molecule has 1 aromatic rings. The van der Waals surface area contributed by atoms with E-state index in [4.69, 9.17) is 11.6 Å². The van der Waals surface area contributed by atoms with Crippen molar-refractivity contribution in [2.45, 2.75) is 12.8 Å². The van der Waals surface area contributed by atoms with Crippen LogP contribution in [-0.2, 0) is 0 Å². The molecule has 2 rings (SSSR count). The lowest BCUT2D eigenvalue weighted by molar-refractivity contribution is 0.380. The average molecular weight is 241 g/mol. The second kappa shape index (κ2) is 5.46. The molecule has 0 bridgehead atoms. The van der Waals surface area contributed by atoms with Gasteiger partial charge in [0.05, 0.1) is 0 Å². The van der Waals surface area contributed by atoms with Crippen molar-refractivity contribution in [1.29, 1.82) is 0 Å². The molecule has 88 valence electrons. The summed E-state index contributed by atoms with van der Waals surface area (Å²) in [5, 5.41) is 3.91. The topological polar surface area (TPSA) is 41.0 Å². The van der Waals surface area contributed by atoms with E-state index in [0.717, 1.165) is 19.6 Å². The van der Waals surface area contributed by atoms with Crippen LogP contribution >= 0.6 is 11.6 Å². The zero-order valence-corrected chi connectivity index (χ0v) is 10.2. The molecule has 16 heavy (non-hydrogen) atoms. The van der Waals surface area contributed by atoms with E-state index in [2.05, 4.69) is 20.2 Å². The van der Waals surface area contributed by atoms with Crippen LogP contribution in [0.15, 0.2) is 12.3 Å². The van der Waals surface area contributed by atoms with Crippen molar-refractivity contribution in [1.82, 2.24) is 15.3 Å². The first-order valence-corrected chi connectivity index (χ1v) is 6.04. The molecule has 0 radical (unpaired) electrons. The largest absolute Gasteiger partial charge is 0.344 e. The number of rotatable bonds is 3. The first-order chi connectivity index (χ1) is 7.75. The molecule has 4 nitrogen and oxygen atoms in total. The summed E-state index contributed by atoms with van der Waals surface area (Å²) in [6.45, 7) is 3.21. The average Bonchev–Trinajstić information content (AvgIpc) is 2.30. The van der Waals surface area contributed by atoms with Gasteiger partial charge in [0.15, 0.2) is 0 Å². The van der Waals surface area contributed by atoms with Crippen molar-refractivity contribution in [2.24, 2.45) is 5.92 Å². The summed E-state index contributed by atoms with van der Waals surface area (Å²) in [6.07, 6.45) is 4.23. The highest BCUT2D eigenvalue weighted by molar-refractivity contribution is 6.29. The number of piperidine rings is 1. The molecule has 0 aromatic carbocycles. The van der Waals surface area contributed by atoms with Crippen molar-refractivity contribution >= 4 is 17.5 Å². The van der Waals surface area contributed by atoms with Crippen molar-refractivity contribution in [3.05, 3.63) is 17.4 Å². The predicted molar refractivity (Wildman–Crippen MR) is 65.9 cm³/mol. The molecular formula is C11H17ClN4. The molecule has 1 saturated heterocycles. The highest BCUT2D eigenvalue weighted by Gasteiger charge is 2.16. The highest BCUT2D eigenvalue weighted by atomic mass is 35.5. The Morgan fingerprint density at radius 1 is 1.62 bits per heavy atom. The molecule has 0 spiro atoms. The van der Waals surface area contributed by atoms with Gasteiger partial charge >= 0.3 is 0 Å². The summed E-state index contributed by atoms with van der Waals surface area (Å²) in [4.78, 5) is 10.5. The molecule has 1 aliphatic heterocycles. The van der Waals surface area contributed by atoms with Gasteiger partial charge in [-0.05, 0) is 37.9 Å². The van der Waals surface area contributed by atoms with E-state index < -0.39 is 0 Å². The van der Waals surface area contributed by atoms with Crippen LogP contribution in [0.1, 0.15) is 12.8 Å². The van der Waals surface area contributed by atoms with Crippen molar-refractivity contribution in [3.63, 3.8) is 0 Å². The molecule has 0 amide bonds. The van der Waals surface area contributed by atoms with Gasteiger partial charge in [-0.2, -0.15) is 0 Å². The van der Waals surface area contributed by atoms with Crippen LogP contribution in [0.2, 0.25) is 5.15 Å². The lowest BCUT2D eigenvalue weighted by atomic mass is 9.99. The molecule has 2 heterocycles. The van der Waals surface area contributed by atoms with E-state index in [9.17, 15) is 0 Å². The van der Waals surface area contributed by atoms with Crippen LogP contribution in [-0.4, -0.2) is 36.6 Å². The van der Waals surface area contributed by atoms with Crippen LogP contribution in [0.5, 0.6) is 0 Å². The lowest BCUT2D eigenvalue weighted by Crippen LogP contribution is -2.37. The molecule has 0 saturated carbocycles. The third-order valence-corrected chi connectivity index (χ3v) is 3.09. The molecule has 5 heteroatoms. The number of aromatic nitrogens is 2. The first kappa shape index (κ1) is 11.6. The fourth-order valence-electron chi connectivity index (χ4n) is 2.06. The maximum Gasteiger partial charge on any atom is 0.226 e. The second-order valence-corrected chi connectivity index (χ2v) is 4.66. The van der Waals surface area contributed by atoms with E-state index in [1.165, 1.54) is 12.8 Å². The summed E-state index contributed by atoms with van der Waals surface area (Å²) in [5.74, 6) is 1.39. The lowest BCUT2D eigenvalue weighted by Gasteiger charge is -2.27. The van der Waals surface area contributed by atoms with E-state index in [1.807, 2.05) is 7.05 Å². The number of anilines is 1. The summed E-state index contributed by atoms with van der Waals surface area (Å²) >= 11 is 5.84. The van der Waals surface area contributed by atoms with Crippen LogP contribution in [0, 0.1) is 5.92 Å². The van der Waals surface area contributed by atoms with Crippen LogP contribution in [0.25, 0.3) is 0 Å². The molecule has 1 aliphatic rings. The van der Waals surface area contributed by atoms with Gasteiger partial charge in [-0.15, -0.1) is 0 Å². The Balaban J connectivity index is 1.94. The number of nitrogens with one attached hydrogen (secondary N) is 1. The zero-order chi connectivity index (χ0) is 11.4. The summed E-state index contributed by atoms with van der Waals surface area (Å²) < 4.78 is 0. The van der Waals surface area contributed by atoms with Crippen molar-refractivity contribution < 1.29 is 0 Å². The highest BCUT2D eigenvalue weighted by Crippen LogP contribution is 2.15. The Kier molecular flexibility index (Phi) is 3.96. The normalized spacial score (nSPS) is 20.8. The Hall–Kier alpha value is -0.870. The van der Waals surface area contributed by atoms with Gasteiger partial charge in [0.25, 0.3) is 0 Å². The van der Waals surface area contributed by atoms with Crippen molar-refractivity contribution in [2.75, 3.05) is 31.6 Å². The Labute approximate surface area is 101 Å². The third-order valence-electron chi connectivity index (χ3n) is 2.88. The quantitative estimate of drug-likeness (QED) is 0.815. The van der Waals surface area contributed by atoms with E-state index in [-0.39, 0.29) is 0 Å². The minimum atomic E-state index is 0.499. The van der Waals surface area contributed by atoms with Crippen molar-refractivity contribution in [3.8, 4) is 0 Å². The Morgan fingerprint density at radius 3 is 3.19 bits per heavy atom. The third kappa shape index (κ3) is 3.06. The first-order valence-electron chi connectivity index (χ1n) is 5.66. The molecule has 1 atom stereocenters. The number of nitrogens with zero attached hydrogens (tertiary/aromatic N) is 3. The van der Waals surface area contributed by atoms with Gasteiger partial charge in [-0.1, -0.05) is 11.6 Å². The van der Waals surface area contributed by atoms with E-state index in [1.54, 1.807) is 12.3 Å². The van der Waals surface area contributed by atoms with Gasteiger partial charge < -0.3 is 10.2 Å². The maximum atomic E-state index is 5.84. The molecular weight excluding hydrogens is 224 g/mol. The zero-order valence-electron chi connectivity index (χ0n) is 9.49. The number of halogens is 1. The second-order valence-electron chi connectivity index (χ2n) is 4.27. The van der Waals surface area contributed by atoms with Gasteiger partial charge in [0.1, 0.15) is 5.15 Å². The number of hydrogen-bond acceptors (Lipinski definition) is 4. The summed E-state index contributed by atoms with van der Waals surface area (Å²) in [5.41, 5.74) is 0. The fourth-order valence-corrected chi connectivity index (χ4v) is 2.19. The minimum Gasteiger partial charge on any atom is -0.344 e. The van der Waals surface area contributed by atoms with Gasteiger partial charge in [0.2, 0.25) is 5.95 Å². The van der Waals surface area contributed by atoms with Gasteiger partial charge in [0, 0.05) is 19.8 Å². The monoisotopic (exact) mass is 240 g/mol. The molecule has 1 aromatic heterocycles. The Morgan fingerprint density at radius 2 is 2.50 bits per heavy atom. The van der Waals surface area contributed by atoms with E-state index >= 15 is 0 Å². The SMILES string of the molecule is CN(C[C@H]1CCCNC1)c1nccc(Cl)n1. The van der Waals surface area contributed by atoms with E-state index in [0.29, 0.717) is 17.0 Å². The molecule has 1 fully saturated rings. The molecule has 1 N–H and O–H groups in total. The molecule has 0 aliphatic carbocycles. The van der Waals surface area contributed by atoms with Gasteiger partial charge in [-0.25, -0.2) is 9.97 Å². The van der Waals surface area contributed by atoms with Gasteiger partial charge in [-0.3, -0.25) is 0 Å². The summed E-state index contributed by atoms with van der Waals surface area (Å²) in [6, 6.07) is 1.70. The van der Waals surface area contributed by atoms with Crippen LogP contribution in [0.3, 0.4) is 0 Å². The maximum absolute atomic E-state index is 5.84. The predicted octanol–water partition coefficient (Wildman–Crippen LogP) is 1.57. The fraction of sp³-hybridized carbons (Fsp3) is 0.636. The minimum absolute atomic E-state index is 0.499. The Bertz CT molecular complexity index is 339. The van der Waals surface area contributed by atoms with Crippen LogP contribution in [0.4, 0.5) is 5.95 Å². The summed E-state index contributed by atoms with van der Waals surface area (Å²) in [7, 11) is 2.01. The number of hydrogen-bond donors (Lipinski definition) is 1.